The molecule has 1 aliphatic heterocycles. The molecule has 36 heavy (non-hydrogen) atoms. The van der Waals surface area contributed by atoms with E-state index >= 15 is 0 Å². The van der Waals surface area contributed by atoms with Gasteiger partial charge in [0.2, 0.25) is 0 Å². The van der Waals surface area contributed by atoms with Crippen LogP contribution in [0.3, 0.4) is 0 Å². The van der Waals surface area contributed by atoms with Gasteiger partial charge in [-0.05, 0) is 19.8 Å². The van der Waals surface area contributed by atoms with Crippen LogP contribution in [0.25, 0.3) is 5.65 Å². The number of esters is 1. The van der Waals surface area contributed by atoms with Crippen molar-refractivity contribution in [2.75, 3.05) is 29.7 Å². The summed E-state index contributed by atoms with van der Waals surface area (Å²) in [6.07, 6.45) is 4.93. The quantitative estimate of drug-likeness (QED) is 0.204. The smallest absolute Gasteiger partial charge is 0.462 e. The number of pyridine rings is 1. The molecule has 0 bridgehead atoms. The Kier molecular flexibility index (Phi) is 5.46. The fraction of sp³-hybridized carbons (Fsp3) is 0.400. The molecule has 1 spiro atoms. The van der Waals surface area contributed by atoms with Gasteiger partial charge in [0.15, 0.2) is 11.5 Å². The number of halogens is 4. The standard InChI is InChI=1S/C20H18F4N6O5S/c1-2-34-18(31)13-9-26-28-6-3-15(27-16(13)28)30-11-19(4-5-19)10-29(30)14-7-12(21)8-25-17(14)35-36(32,33)20(22,23)24/h3,6-9H,2,4-5,10-11H2,1H3. The fourth-order valence-corrected chi connectivity index (χ4v) is 4.37. The molecule has 4 heterocycles. The summed E-state index contributed by atoms with van der Waals surface area (Å²) in [6, 6.07) is 2.38. The number of hydrogen-bond donors (Lipinski definition) is 0. The van der Waals surface area contributed by atoms with Gasteiger partial charge >= 0.3 is 21.6 Å². The Morgan fingerprint density at radius 1 is 1.19 bits per heavy atom. The summed E-state index contributed by atoms with van der Waals surface area (Å²) < 4.78 is 87.0. The van der Waals surface area contributed by atoms with Crippen molar-refractivity contribution in [1.29, 1.82) is 0 Å². The molecule has 0 aromatic carbocycles. The first-order valence-electron chi connectivity index (χ1n) is 10.7. The number of fused-ring (bicyclic) bond motifs is 1. The molecular weight excluding hydrogens is 512 g/mol. The molecule has 11 nitrogen and oxygen atoms in total. The number of alkyl halides is 3. The third-order valence-electron chi connectivity index (χ3n) is 5.88. The summed E-state index contributed by atoms with van der Waals surface area (Å²) in [7, 11) is -6.06. The van der Waals surface area contributed by atoms with E-state index in [1.807, 2.05) is 0 Å². The molecule has 0 amide bonds. The van der Waals surface area contributed by atoms with Crippen molar-refractivity contribution in [3.05, 3.63) is 42.1 Å². The van der Waals surface area contributed by atoms with Crippen LogP contribution in [0.2, 0.25) is 0 Å². The van der Waals surface area contributed by atoms with Crippen LogP contribution in [0, 0.1) is 11.2 Å². The van der Waals surface area contributed by atoms with Crippen molar-refractivity contribution in [2.24, 2.45) is 5.41 Å². The normalized spacial score (nSPS) is 17.1. The third kappa shape index (κ3) is 4.14. The summed E-state index contributed by atoms with van der Waals surface area (Å²) in [4.78, 5) is 20.3. The van der Waals surface area contributed by atoms with E-state index in [0.717, 1.165) is 18.9 Å². The van der Waals surface area contributed by atoms with Gasteiger partial charge in [-0.25, -0.2) is 23.7 Å². The molecule has 1 aliphatic carbocycles. The summed E-state index contributed by atoms with van der Waals surface area (Å²) in [6.45, 7) is 2.35. The highest BCUT2D eigenvalue weighted by Crippen LogP contribution is 2.53. The second-order valence-electron chi connectivity index (χ2n) is 8.41. The zero-order valence-electron chi connectivity index (χ0n) is 18.6. The van der Waals surface area contributed by atoms with E-state index in [1.54, 1.807) is 18.0 Å². The Balaban J connectivity index is 1.57. The lowest BCUT2D eigenvalue weighted by Crippen LogP contribution is -2.38. The zero-order valence-corrected chi connectivity index (χ0v) is 19.4. The first-order chi connectivity index (χ1) is 16.9. The van der Waals surface area contributed by atoms with Crippen molar-refractivity contribution < 1.29 is 39.7 Å². The summed E-state index contributed by atoms with van der Waals surface area (Å²) in [5.74, 6) is -2.24. The van der Waals surface area contributed by atoms with Gasteiger partial charge in [0.05, 0.1) is 19.0 Å². The average Bonchev–Trinajstić information content (AvgIpc) is 3.25. The number of carbonyl (C=O) groups excluding carboxylic acids is 1. The predicted octanol–water partition coefficient (Wildman–Crippen LogP) is 2.69. The van der Waals surface area contributed by atoms with Crippen LogP contribution in [0.15, 0.2) is 30.7 Å². The highest BCUT2D eigenvalue weighted by molar-refractivity contribution is 7.88. The van der Waals surface area contributed by atoms with Crippen molar-refractivity contribution in [1.82, 2.24) is 19.6 Å². The highest BCUT2D eigenvalue weighted by Gasteiger charge is 2.54. The molecule has 2 fully saturated rings. The van der Waals surface area contributed by atoms with Crippen LogP contribution < -0.4 is 14.2 Å². The van der Waals surface area contributed by atoms with Crippen LogP contribution in [-0.4, -0.2) is 59.2 Å². The van der Waals surface area contributed by atoms with Crippen molar-refractivity contribution >= 4 is 33.2 Å². The number of rotatable bonds is 6. The Morgan fingerprint density at radius 2 is 1.92 bits per heavy atom. The predicted molar refractivity (Wildman–Crippen MR) is 115 cm³/mol. The summed E-state index contributed by atoms with van der Waals surface area (Å²) in [5.41, 5.74) is -6.05. The maximum absolute atomic E-state index is 14.2. The molecular formula is C20H18F4N6O5S. The van der Waals surface area contributed by atoms with E-state index < -0.39 is 33.3 Å². The third-order valence-corrected chi connectivity index (χ3v) is 6.83. The first-order valence-corrected chi connectivity index (χ1v) is 12.1. The number of anilines is 2. The minimum Gasteiger partial charge on any atom is -0.462 e. The van der Waals surface area contributed by atoms with Crippen LogP contribution in [0.5, 0.6) is 5.88 Å². The molecule has 3 aromatic heterocycles. The topological polar surface area (TPSA) is 119 Å². The van der Waals surface area contributed by atoms with Crippen LogP contribution in [0.1, 0.15) is 30.1 Å². The zero-order chi connectivity index (χ0) is 25.9. The lowest BCUT2D eigenvalue weighted by Gasteiger charge is -2.31. The maximum atomic E-state index is 14.2. The van der Waals surface area contributed by atoms with Crippen molar-refractivity contribution in [2.45, 2.75) is 25.3 Å². The van der Waals surface area contributed by atoms with Crippen molar-refractivity contribution in [3.63, 3.8) is 0 Å². The summed E-state index contributed by atoms with van der Waals surface area (Å²) in [5, 5.41) is 7.00. The molecule has 192 valence electrons. The van der Waals surface area contributed by atoms with Gasteiger partial charge in [-0.3, -0.25) is 10.0 Å². The van der Waals surface area contributed by atoms with Gasteiger partial charge in [0.25, 0.3) is 5.88 Å². The second-order valence-corrected chi connectivity index (χ2v) is 9.95. The van der Waals surface area contributed by atoms with Gasteiger partial charge < -0.3 is 8.92 Å². The summed E-state index contributed by atoms with van der Waals surface area (Å²) >= 11 is 0. The Labute approximate surface area is 201 Å². The van der Waals surface area contributed by atoms with Crippen LogP contribution in [0.4, 0.5) is 29.1 Å². The molecule has 1 saturated carbocycles. The molecule has 3 aromatic rings. The second kappa shape index (κ2) is 8.18. The molecule has 1 saturated heterocycles. The average molecular weight is 530 g/mol. The van der Waals surface area contributed by atoms with Gasteiger partial charge in [-0.1, -0.05) is 0 Å². The molecule has 2 aliphatic rings. The van der Waals surface area contributed by atoms with Crippen LogP contribution >= 0.6 is 0 Å². The number of hydrazine groups is 1. The lowest BCUT2D eigenvalue weighted by molar-refractivity contribution is -0.0501. The van der Waals surface area contributed by atoms with E-state index in [4.69, 9.17) is 4.74 Å². The Bertz CT molecular complexity index is 1460. The first kappa shape index (κ1) is 24.0. The van der Waals surface area contributed by atoms with E-state index in [1.165, 1.54) is 21.9 Å². The monoisotopic (exact) mass is 530 g/mol. The number of hydrogen-bond acceptors (Lipinski definition) is 10. The molecule has 0 radical (unpaired) electrons. The lowest BCUT2D eigenvalue weighted by atomic mass is 10.1. The molecule has 0 unspecified atom stereocenters. The van der Waals surface area contributed by atoms with Gasteiger partial charge in [-0.15, -0.1) is 0 Å². The number of aromatic nitrogens is 4. The van der Waals surface area contributed by atoms with E-state index in [-0.39, 0.29) is 41.3 Å². The highest BCUT2D eigenvalue weighted by atomic mass is 32.2. The number of ether oxygens (including phenoxy) is 1. The molecule has 0 N–H and O–H groups in total. The van der Waals surface area contributed by atoms with E-state index in [9.17, 15) is 30.8 Å². The minimum atomic E-state index is -6.06. The largest absolute Gasteiger partial charge is 0.534 e. The van der Waals surface area contributed by atoms with Gasteiger partial charge in [0.1, 0.15) is 17.1 Å². The minimum absolute atomic E-state index is 0.0956. The Hall–Kier alpha value is -3.69. The molecule has 0 atom stereocenters. The SMILES string of the molecule is CCOC(=O)c1cnn2ccc(N3CC4(CC4)CN3c3cc(F)cnc3OS(=O)(=O)C(F)(F)F)nc12. The van der Waals surface area contributed by atoms with Gasteiger partial charge in [-0.2, -0.15) is 26.7 Å². The molecule has 16 heteroatoms. The maximum Gasteiger partial charge on any atom is 0.534 e. The van der Waals surface area contributed by atoms with E-state index in [0.29, 0.717) is 12.7 Å². The van der Waals surface area contributed by atoms with Crippen LogP contribution in [-0.2, 0) is 14.9 Å². The molecule has 5 rings (SSSR count). The number of carbonyl (C=O) groups is 1. The van der Waals surface area contributed by atoms with E-state index in [2.05, 4.69) is 19.2 Å². The van der Waals surface area contributed by atoms with Crippen molar-refractivity contribution in [3.8, 4) is 5.88 Å². The number of nitrogens with zero attached hydrogens (tertiary/aromatic N) is 6. The fourth-order valence-electron chi connectivity index (χ4n) is 3.94. The Morgan fingerprint density at radius 3 is 2.58 bits per heavy atom. The van der Waals surface area contributed by atoms with Gasteiger partial charge in [0, 0.05) is 36.8 Å².